The smallest absolute Gasteiger partial charge is 0.0619 e. The second-order valence-electron chi connectivity index (χ2n) is 5.62. The van der Waals surface area contributed by atoms with Gasteiger partial charge < -0.3 is 0 Å². The molecule has 0 aliphatic carbocycles. The lowest BCUT2D eigenvalue weighted by molar-refractivity contribution is 1.06. The molecule has 0 radical (unpaired) electrons. The van der Waals surface area contributed by atoms with Crippen LogP contribution in [-0.4, -0.2) is 0 Å². The Bertz CT molecular complexity index is 686. The lowest BCUT2D eigenvalue weighted by atomic mass is 10.1. The minimum absolute atomic E-state index is 0.0384. The maximum Gasteiger partial charge on any atom is 0.167 e. The first kappa shape index (κ1) is 15.9. The molecule has 0 spiro atoms. The summed E-state index contributed by atoms with van der Waals surface area (Å²) in [6.07, 6.45) is 2.17. The van der Waals surface area contributed by atoms with Gasteiger partial charge in [-0.1, -0.05) is 56.3 Å². The summed E-state index contributed by atoms with van der Waals surface area (Å²) < 4.78 is 0. The van der Waals surface area contributed by atoms with Gasteiger partial charge in [0.2, 0.25) is 0 Å². The van der Waals surface area contributed by atoms with E-state index in [2.05, 4.69) is 92.7 Å². The summed E-state index contributed by atoms with van der Waals surface area (Å²) in [5, 5.41) is 0. The molecule has 0 fully saturated rings. The molecule has 0 aliphatic rings. The molecule has 0 amide bonds. The monoisotopic (exact) mass is 319 g/mol. The van der Waals surface area contributed by atoms with Crippen molar-refractivity contribution in [1.82, 2.24) is 0 Å². The number of hydrogen-bond donors (Lipinski definition) is 0. The molecule has 0 bridgehead atoms. The predicted molar refractivity (Wildman–Crippen MR) is 100 cm³/mol. The fraction of sp³-hybridized carbons (Fsp3) is 0.182. The quantitative estimate of drug-likeness (QED) is 0.513. The summed E-state index contributed by atoms with van der Waals surface area (Å²) in [6.45, 7) is 4.48. The SMILES string of the molecule is CCc1cc(CC)cc([S+](c2ccccc2)c2ccccc2)c1. The lowest BCUT2D eigenvalue weighted by Gasteiger charge is -2.10. The van der Waals surface area contributed by atoms with E-state index in [4.69, 9.17) is 0 Å². The zero-order valence-electron chi connectivity index (χ0n) is 13.8. The number of benzene rings is 3. The van der Waals surface area contributed by atoms with Crippen LogP contribution in [0.2, 0.25) is 0 Å². The highest BCUT2D eigenvalue weighted by Crippen LogP contribution is 2.32. The Morgan fingerprint density at radius 2 is 1.00 bits per heavy atom. The zero-order chi connectivity index (χ0) is 16.1. The van der Waals surface area contributed by atoms with Gasteiger partial charge in [0.1, 0.15) is 0 Å². The van der Waals surface area contributed by atoms with E-state index < -0.39 is 0 Å². The van der Waals surface area contributed by atoms with Crippen LogP contribution >= 0.6 is 0 Å². The van der Waals surface area contributed by atoms with E-state index in [1.54, 1.807) is 0 Å². The largest absolute Gasteiger partial charge is 0.167 e. The van der Waals surface area contributed by atoms with Crippen molar-refractivity contribution >= 4 is 10.9 Å². The van der Waals surface area contributed by atoms with Gasteiger partial charge in [0.25, 0.3) is 0 Å². The summed E-state index contributed by atoms with van der Waals surface area (Å²) in [6, 6.07) is 28.9. The van der Waals surface area contributed by atoms with Crippen molar-refractivity contribution in [3.8, 4) is 0 Å². The van der Waals surface area contributed by atoms with Crippen molar-refractivity contribution in [2.45, 2.75) is 41.4 Å². The third-order valence-corrected chi connectivity index (χ3v) is 6.23. The molecule has 3 aromatic rings. The average Bonchev–Trinajstić information content (AvgIpc) is 2.63. The van der Waals surface area contributed by atoms with Crippen LogP contribution in [-0.2, 0) is 23.7 Å². The van der Waals surface area contributed by atoms with Gasteiger partial charge in [0, 0.05) is 0 Å². The first-order chi connectivity index (χ1) is 11.3. The molecular formula is C22H23S+. The highest BCUT2D eigenvalue weighted by molar-refractivity contribution is 7.97. The van der Waals surface area contributed by atoms with Gasteiger partial charge in [-0.2, -0.15) is 0 Å². The van der Waals surface area contributed by atoms with Gasteiger partial charge in [0.15, 0.2) is 14.7 Å². The Balaban J connectivity index is 2.16. The van der Waals surface area contributed by atoms with Crippen LogP contribution in [0.5, 0.6) is 0 Å². The van der Waals surface area contributed by atoms with Crippen LogP contribution in [0.25, 0.3) is 0 Å². The van der Waals surface area contributed by atoms with E-state index in [0.717, 1.165) is 12.8 Å². The summed E-state index contributed by atoms with van der Waals surface area (Å²) in [5.74, 6) is 0. The van der Waals surface area contributed by atoms with E-state index in [-0.39, 0.29) is 10.9 Å². The Morgan fingerprint density at radius 3 is 1.39 bits per heavy atom. The molecule has 0 N–H and O–H groups in total. The van der Waals surface area contributed by atoms with Crippen LogP contribution in [0.15, 0.2) is 93.5 Å². The van der Waals surface area contributed by atoms with Gasteiger partial charge in [0.05, 0.1) is 10.9 Å². The molecule has 116 valence electrons. The van der Waals surface area contributed by atoms with Crippen molar-refractivity contribution in [2.24, 2.45) is 0 Å². The first-order valence-corrected chi connectivity index (χ1v) is 9.51. The van der Waals surface area contributed by atoms with E-state index >= 15 is 0 Å². The van der Waals surface area contributed by atoms with Crippen LogP contribution in [0, 0.1) is 0 Å². The summed E-state index contributed by atoms with van der Waals surface area (Å²) in [4.78, 5) is 4.20. The molecule has 0 aliphatic heterocycles. The molecule has 0 unspecified atom stereocenters. The standard InChI is InChI=1S/C22H23S/c1-3-18-15-19(4-2)17-22(16-18)23(20-11-7-5-8-12-20)21-13-9-6-10-14-21/h5-17H,3-4H2,1-2H3/q+1. The molecule has 0 atom stereocenters. The second kappa shape index (κ2) is 7.52. The molecule has 0 heterocycles. The third-order valence-electron chi connectivity index (χ3n) is 4.04. The van der Waals surface area contributed by atoms with Gasteiger partial charge >= 0.3 is 0 Å². The van der Waals surface area contributed by atoms with Crippen molar-refractivity contribution in [2.75, 3.05) is 0 Å². The summed E-state index contributed by atoms with van der Waals surface area (Å²) in [7, 11) is -0.0384. The predicted octanol–water partition coefficient (Wildman–Crippen LogP) is 5.91. The molecule has 0 nitrogen and oxygen atoms in total. The fourth-order valence-corrected chi connectivity index (χ4v) is 4.99. The molecule has 3 aromatic carbocycles. The molecular weight excluding hydrogens is 296 g/mol. The van der Waals surface area contributed by atoms with Gasteiger partial charge in [-0.05, 0) is 60.4 Å². The van der Waals surface area contributed by atoms with Crippen molar-refractivity contribution in [3.05, 3.63) is 90.0 Å². The zero-order valence-corrected chi connectivity index (χ0v) is 14.6. The molecule has 0 saturated heterocycles. The molecule has 23 heavy (non-hydrogen) atoms. The summed E-state index contributed by atoms with van der Waals surface area (Å²) >= 11 is 0. The highest BCUT2D eigenvalue weighted by atomic mass is 32.2. The van der Waals surface area contributed by atoms with E-state index in [1.165, 1.54) is 25.8 Å². The maximum absolute atomic E-state index is 2.39. The van der Waals surface area contributed by atoms with E-state index in [9.17, 15) is 0 Å². The van der Waals surface area contributed by atoms with Crippen LogP contribution < -0.4 is 0 Å². The number of rotatable bonds is 5. The second-order valence-corrected chi connectivity index (χ2v) is 7.65. The van der Waals surface area contributed by atoms with Crippen LogP contribution in [0.1, 0.15) is 25.0 Å². The van der Waals surface area contributed by atoms with Crippen molar-refractivity contribution in [1.29, 1.82) is 0 Å². The van der Waals surface area contributed by atoms with Gasteiger partial charge in [-0.3, -0.25) is 0 Å². The number of aryl methyl sites for hydroxylation is 2. The number of hydrogen-bond acceptors (Lipinski definition) is 0. The Morgan fingerprint density at radius 1 is 0.565 bits per heavy atom. The molecule has 1 heteroatoms. The maximum atomic E-state index is 2.39. The molecule has 0 aromatic heterocycles. The normalized spacial score (nSPS) is 10.9. The minimum atomic E-state index is -0.0384. The average molecular weight is 319 g/mol. The Kier molecular flexibility index (Phi) is 5.19. The van der Waals surface area contributed by atoms with Crippen molar-refractivity contribution in [3.63, 3.8) is 0 Å². The molecule has 0 saturated carbocycles. The van der Waals surface area contributed by atoms with E-state index in [1.807, 2.05) is 0 Å². The minimum Gasteiger partial charge on any atom is -0.0619 e. The Hall–Kier alpha value is -1.99. The summed E-state index contributed by atoms with van der Waals surface area (Å²) in [5.41, 5.74) is 2.87. The fourth-order valence-electron chi connectivity index (χ4n) is 2.78. The Labute approximate surface area is 142 Å². The van der Waals surface area contributed by atoms with E-state index in [0.29, 0.717) is 0 Å². The topological polar surface area (TPSA) is 0 Å². The van der Waals surface area contributed by atoms with Gasteiger partial charge in [-0.15, -0.1) is 0 Å². The van der Waals surface area contributed by atoms with Crippen LogP contribution in [0.4, 0.5) is 0 Å². The van der Waals surface area contributed by atoms with Gasteiger partial charge in [-0.25, -0.2) is 0 Å². The van der Waals surface area contributed by atoms with Crippen LogP contribution in [0.3, 0.4) is 0 Å². The van der Waals surface area contributed by atoms with Crippen molar-refractivity contribution < 1.29 is 0 Å². The lowest BCUT2D eigenvalue weighted by Crippen LogP contribution is -2.06. The third kappa shape index (κ3) is 3.68. The highest BCUT2D eigenvalue weighted by Gasteiger charge is 2.28. The molecule has 3 rings (SSSR count). The first-order valence-electron chi connectivity index (χ1n) is 8.29.